The molecule has 20 heavy (non-hydrogen) atoms. The van der Waals surface area contributed by atoms with Crippen LogP contribution in [0.1, 0.15) is 37.4 Å². The van der Waals surface area contributed by atoms with Crippen LogP contribution in [0.4, 0.5) is 5.69 Å². The van der Waals surface area contributed by atoms with Gasteiger partial charge in [0.1, 0.15) is 0 Å². The van der Waals surface area contributed by atoms with Gasteiger partial charge < -0.3 is 10.3 Å². The van der Waals surface area contributed by atoms with Gasteiger partial charge in [-0.25, -0.2) is 0 Å². The maximum atomic E-state index is 12.4. The average molecular weight is 270 g/mol. The molecule has 1 atom stereocenters. The predicted octanol–water partition coefficient (Wildman–Crippen LogP) is 3.69. The lowest BCUT2D eigenvalue weighted by Crippen LogP contribution is -2.26. The molecule has 0 bridgehead atoms. The van der Waals surface area contributed by atoms with E-state index in [2.05, 4.69) is 39.0 Å². The van der Waals surface area contributed by atoms with Crippen molar-refractivity contribution in [2.24, 2.45) is 0 Å². The largest absolute Gasteiger partial charge is 0.394 e. The van der Waals surface area contributed by atoms with Gasteiger partial charge in [-0.1, -0.05) is 19.1 Å². The highest BCUT2D eigenvalue weighted by atomic mass is 16.1. The second kappa shape index (κ2) is 5.53. The molecule has 0 saturated heterocycles. The summed E-state index contributed by atoms with van der Waals surface area (Å²) in [5.41, 5.74) is 10.5. The first-order chi connectivity index (χ1) is 9.45. The highest BCUT2D eigenvalue weighted by molar-refractivity contribution is 5.63. The van der Waals surface area contributed by atoms with Crippen LogP contribution in [0.2, 0.25) is 0 Å². The quantitative estimate of drug-likeness (QED) is 0.924. The summed E-state index contributed by atoms with van der Waals surface area (Å²) in [6.45, 7) is 8.29. The minimum atomic E-state index is -0.102. The van der Waals surface area contributed by atoms with Crippen LogP contribution in [-0.4, -0.2) is 4.57 Å². The second-order valence-electron chi connectivity index (χ2n) is 5.41. The molecule has 106 valence electrons. The molecule has 0 fully saturated rings. The number of aryl methyl sites for hydroxylation is 2. The smallest absolute Gasteiger partial charge is 0.274 e. The Morgan fingerprint density at radius 3 is 2.45 bits per heavy atom. The number of anilines is 1. The van der Waals surface area contributed by atoms with E-state index in [1.807, 2.05) is 13.0 Å². The van der Waals surface area contributed by atoms with Crippen molar-refractivity contribution in [2.75, 3.05) is 5.73 Å². The molecule has 1 aromatic heterocycles. The Bertz CT molecular complexity index is 686. The van der Waals surface area contributed by atoms with Gasteiger partial charge in [0.05, 0.1) is 11.4 Å². The minimum Gasteiger partial charge on any atom is -0.394 e. The van der Waals surface area contributed by atoms with Gasteiger partial charge >= 0.3 is 0 Å². The predicted molar refractivity (Wildman–Crippen MR) is 85.0 cm³/mol. The Labute approximate surface area is 120 Å². The number of hydrogen-bond donors (Lipinski definition) is 1. The molecule has 0 radical (unpaired) electrons. The lowest BCUT2D eigenvalue weighted by atomic mass is 10.0. The number of aromatic nitrogens is 1. The van der Waals surface area contributed by atoms with Crippen molar-refractivity contribution in [3.63, 3.8) is 0 Å². The summed E-state index contributed by atoms with van der Waals surface area (Å²) in [5, 5.41) is 0. The van der Waals surface area contributed by atoms with Gasteiger partial charge in [0.2, 0.25) is 0 Å². The van der Waals surface area contributed by atoms with E-state index in [4.69, 9.17) is 5.73 Å². The Hall–Kier alpha value is -2.03. The molecular formula is C17H22N2O. The molecule has 0 spiro atoms. The molecule has 0 saturated carbocycles. The van der Waals surface area contributed by atoms with E-state index in [1.165, 1.54) is 11.1 Å². The molecule has 2 N–H and O–H groups in total. The van der Waals surface area contributed by atoms with E-state index in [-0.39, 0.29) is 11.6 Å². The van der Waals surface area contributed by atoms with Crippen LogP contribution in [0.25, 0.3) is 11.3 Å². The van der Waals surface area contributed by atoms with E-state index in [0.29, 0.717) is 5.69 Å². The van der Waals surface area contributed by atoms with Crippen molar-refractivity contribution in [3.05, 3.63) is 51.8 Å². The van der Waals surface area contributed by atoms with Crippen LogP contribution in [-0.2, 0) is 0 Å². The molecule has 1 unspecified atom stereocenters. The molecule has 3 nitrogen and oxygen atoms in total. The van der Waals surface area contributed by atoms with Crippen molar-refractivity contribution < 1.29 is 0 Å². The number of rotatable bonds is 3. The topological polar surface area (TPSA) is 48.0 Å². The third-order valence-electron chi connectivity index (χ3n) is 3.98. The Kier molecular flexibility index (Phi) is 3.98. The standard InChI is InChI=1S/C17H22N2O/c1-5-13(4)19-16(9-8-15(18)17(19)20)14-7-6-11(2)12(3)10-14/h6-10,13H,5,18H2,1-4H3. The monoisotopic (exact) mass is 270 g/mol. The summed E-state index contributed by atoms with van der Waals surface area (Å²) in [4.78, 5) is 12.4. The van der Waals surface area contributed by atoms with Crippen LogP contribution in [0.3, 0.4) is 0 Å². The maximum absolute atomic E-state index is 12.4. The lowest BCUT2D eigenvalue weighted by Gasteiger charge is -2.19. The fourth-order valence-corrected chi connectivity index (χ4v) is 2.33. The molecular weight excluding hydrogens is 248 g/mol. The zero-order valence-electron chi connectivity index (χ0n) is 12.6. The summed E-state index contributed by atoms with van der Waals surface area (Å²) >= 11 is 0. The van der Waals surface area contributed by atoms with Crippen molar-refractivity contribution in [1.29, 1.82) is 0 Å². The van der Waals surface area contributed by atoms with Crippen molar-refractivity contribution in [2.45, 2.75) is 40.2 Å². The summed E-state index contributed by atoms with van der Waals surface area (Å²) in [7, 11) is 0. The minimum absolute atomic E-state index is 0.102. The van der Waals surface area contributed by atoms with Crippen molar-refractivity contribution >= 4 is 5.69 Å². The van der Waals surface area contributed by atoms with Crippen LogP contribution in [0.5, 0.6) is 0 Å². The molecule has 1 aromatic carbocycles. The average Bonchev–Trinajstić information content (AvgIpc) is 2.44. The fraction of sp³-hybridized carbons (Fsp3) is 0.353. The number of hydrogen-bond acceptors (Lipinski definition) is 2. The van der Waals surface area contributed by atoms with Gasteiger partial charge in [0.25, 0.3) is 5.56 Å². The first-order valence-corrected chi connectivity index (χ1v) is 7.04. The van der Waals surface area contributed by atoms with Crippen molar-refractivity contribution in [3.8, 4) is 11.3 Å². The first-order valence-electron chi connectivity index (χ1n) is 7.04. The van der Waals surface area contributed by atoms with E-state index >= 15 is 0 Å². The Balaban J connectivity index is 2.70. The zero-order chi connectivity index (χ0) is 14.9. The van der Waals surface area contributed by atoms with Crippen LogP contribution >= 0.6 is 0 Å². The molecule has 3 heteroatoms. The molecule has 2 aromatic rings. The number of nitrogen functional groups attached to an aromatic ring is 1. The van der Waals surface area contributed by atoms with Gasteiger partial charge in [0.15, 0.2) is 0 Å². The molecule has 0 aliphatic rings. The normalized spacial score (nSPS) is 12.4. The number of benzene rings is 1. The maximum Gasteiger partial charge on any atom is 0.274 e. The van der Waals surface area contributed by atoms with E-state index in [0.717, 1.165) is 17.7 Å². The van der Waals surface area contributed by atoms with Gasteiger partial charge in [-0.3, -0.25) is 4.79 Å². The Morgan fingerprint density at radius 1 is 1.15 bits per heavy atom. The molecule has 0 amide bonds. The highest BCUT2D eigenvalue weighted by Gasteiger charge is 2.13. The van der Waals surface area contributed by atoms with E-state index in [1.54, 1.807) is 10.6 Å². The van der Waals surface area contributed by atoms with Crippen LogP contribution < -0.4 is 11.3 Å². The molecule has 2 rings (SSSR count). The Morgan fingerprint density at radius 2 is 1.85 bits per heavy atom. The number of nitrogens with zero attached hydrogens (tertiary/aromatic N) is 1. The highest BCUT2D eigenvalue weighted by Crippen LogP contribution is 2.25. The van der Waals surface area contributed by atoms with Gasteiger partial charge in [-0.2, -0.15) is 0 Å². The molecule has 1 heterocycles. The molecule has 0 aliphatic carbocycles. The third kappa shape index (κ3) is 2.48. The number of nitrogens with two attached hydrogens (primary N) is 1. The van der Waals surface area contributed by atoms with Gasteiger partial charge in [-0.05, 0) is 62.1 Å². The summed E-state index contributed by atoms with van der Waals surface area (Å²) in [5.74, 6) is 0. The third-order valence-corrected chi connectivity index (χ3v) is 3.98. The lowest BCUT2D eigenvalue weighted by molar-refractivity contribution is 0.521. The van der Waals surface area contributed by atoms with Gasteiger partial charge in [-0.15, -0.1) is 0 Å². The zero-order valence-corrected chi connectivity index (χ0v) is 12.6. The SMILES string of the molecule is CCC(C)n1c(-c2ccc(C)c(C)c2)ccc(N)c1=O. The summed E-state index contributed by atoms with van der Waals surface area (Å²) in [6.07, 6.45) is 0.890. The summed E-state index contributed by atoms with van der Waals surface area (Å²) < 4.78 is 1.80. The van der Waals surface area contributed by atoms with Crippen molar-refractivity contribution in [1.82, 2.24) is 4.57 Å². The molecule has 0 aliphatic heterocycles. The van der Waals surface area contributed by atoms with E-state index in [9.17, 15) is 4.79 Å². The van der Waals surface area contributed by atoms with Crippen LogP contribution in [0.15, 0.2) is 35.1 Å². The van der Waals surface area contributed by atoms with E-state index < -0.39 is 0 Å². The first kappa shape index (κ1) is 14.4. The van der Waals surface area contributed by atoms with Gasteiger partial charge in [0, 0.05) is 6.04 Å². The number of pyridine rings is 1. The second-order valence-corrected chi connectivity index (χ2v) is 5.41. The fourth-order valence-electron chi connectivity index (χ4n) is 2.33. The summed E-state index contributed by atoms with van der Waals surface area (Å²) in [6, 6.07) is 10.0. The van der Waals surface area contributed by atoms with Crippen LogP contribution in [0, 0.1) is 13.8 Å².